The molecule has 0 unspecified atom stereocenters. The molecule has 0 aliphatic carbocycles. The minimum atomic E-state index is 1.07. The van der Waals surface area contributed by atoms with E-state index in [0.29, 0.717) is 0 Å². The molecule has 0 N–H and O–H groups in total. The number of rotatable bonds is 4. The summed E-state index contributed by atoms with van der Waals surface area (Å²) < 4.78 is 0. The van der Waals surface area contributed by atoms with Crippen LogP contribution in [0, 0.1) is 0 Å². The van der Waals surface area contributed by atoms with Crippen molar-refractivity contribution in [3.05, 3.63) is 59.7 Å². The number of hydrogen-bond donors (Lipinski definition) is 0. The van der Waals surface area contributed by atoms with Gasteiger partial charge < -0.3 is 0 Å². The van der Waals surface area contributed by atoms with Crippen molar-refractivity contribution >= 4 is 22.9 Å². The molecular weight excluding hydrogens is 216 g/mol. The predicted octanol–water partition coefficient (Wildman–Crippen LogP) is 5.69. The molecule has 0 amide bonds. The second kappa shape index (κ2) is 6.20. The average molecular weight is 236 g/mol. The minimum Gasteiger partial charge on any atom is -0.0842 e. The molecule has 2 aromatic rings. The highest BCUT2D eigenvalue weighted by Crippen LogP contribution is 2.25. The maximum absolute atomic E-state index is 2.25. The molecule has 0 heterocycles. The SMILES string of the molecule is CCC=Cc1ccc2ccccc2c1C=CCC. The molecule has 0 aliphatic rings. The highest BCUT2D eigenvalue weighted by atomic mass is 14.1. The van der Waals surface area contributed by atoms with Crippen LogP contribution >= 0.6 is 0 Å². The second-order valence-corrected chi connectivity index (χ2v) is 4.41. The molecule has 0 heteroatoms. The summed E-state index contributed by atoms with van der Waals surface area (Å²) in [5, 5.41) is 2.64. The van der Waals surface area contributed by atoms with Crippen LogP contribution in [0.4, 0.5) is 0 Å². The van der Waals surface area contributed by atoms with Gasteiger partial charge in [0.15, 0.2) is 0 Å². The van der Waals surface area contributed by atoms with E-state index in [4.69, 9.17) is 0 Å². The largest absolute Gasteiger partial charge is 0.0842 e. The summed E-state index contributed by atoms with van der Waals surface area (Å²) in [7, 11) is 0. The van der Waals surface area contributed by atoms with E-state index in [0.717, 1.165) is 12.8 Å². The van der Waals surface area contributed by atoms with Gasteiger partial charge in [0.05, 0.1) is 0 Å². The quantitative estimate of drug-likeness (QED) is 0.640. The lowest BCUT2D eigenvalue weighted by Crippen LogP contribution is -1.84. The van der Waals surface area contributed by atoms with E-state index in [1.807, 2.05) is 0 Å². The summed E-state index contributed by atoms with van der Waals surface area (Å²) in [6.07, 6.45) is 11.1. The van der Waals surface area contributed by atoms with Gasteiger partial charge in [0.25, 0.3) is 0 Å². The van der Waals surface area contributed by atoms with E-state index >= 15 is 0 Å². The first-order valence-electron chi connectivity index (χ1n) is 6.71. The zero-order valence-electron chi connectivity index (χ0n) is 11.2. The Hall–Kier alpha value is -1.82. The highest BCUT2D eigenvalue weighted by molar-refractivity contribution is 5.94. The summed E-state index contributed by atoms with van der Waals surface area (Å²) in [5.74, 6) is 0. The molecule has 2 aromatic carbocycles. The minimum absolute atomic E-state index is 1.07. The van der Waals surface area contributed by atoms with Gasteiger partial charge in [0, 0.05) is 0 Å². The van der Waals surface area contributed by atoms with Crippen molar-refractivity contribution < 1.29 is 0 Å². The molecule has 0 atom stereocenters. The van der Waals surface area contributed by atoms with Gasteiger partial charge in [-0.25, -0.2) is 0 Å². The molecule has 18 heavy (non-hydrogen) atoms. The molecule has 0 aliphatic heterocycles. The number of hydrogen-bond acceptors (Lipinski definition) is 0. The number of benzene rings is 2. The molecule has 0 nitrogen and oxygen atoms in total. The predicted molar refractivity (Wildman–Crippen MR) is 82.6 cm³/mol. The first kappa shape index (κ1) is 12.6. The van der Waals surface area contributed by atoms with Crippen molar-refractivity contribution in [2.24, 2.45) is 0 Å². The first-order chi connectivity index (χ1) is 8.86. The fraction of sp³-hybridized carbons (Fsp3) is 0.222. The van der Waals surface area contributed by atoms with Crippen LogP contribution in [0.3, 0.4) is 0 Å². The molecule has 0 saturated heterocycles. The molecule has 0 spiro atoms. The summed E-state index contributed by atoms with van der Waals surface area (Å²) >= 11 is 0. The van der Waals surface area contributed by atoms with Crippen LogP contribution in [0.5, 0.6) is 0 Å². The molecular formula is C18H20. The maximum Gasteiger partial charge on any atom is -0.0106 e. The van der Waals surface area contributed by atoms with Gasteiger partial charge in [-0.3, -0.25) is 0 Å². The van der Waals surface area contributed by atoms with Crippen molar-refractivity contribution in [2.75, 3.05) is 0 Å². The summed E-state index contributed by atoms with van der Waals surface area (Å²) in [5.41, 5.74) is 2.64. The third-order valence-corrected chi connectivity index (χ3v) is 3.06. The van der Waals surface area contributed by atoms with Crippen LogP contribution in [0.25, 0.3) is 22.9 Å². The van der Waals surface area contributed by atoms with Crippen molar-refractivity contribution in [2.45, 2.75) is 26.7 Å². The van der Waals surface area contributed by atoms with Crippen molar-refractivity contribution in [1.29, 1.82) is 0 Å². The van der Waals surface area contributed by atoms with Crippen LogP contribution in [0.1, 0.15) is 37.8 Å². The van der Waals surface area contributed by atoms with E-state index in [-0.39, 0.29) is 0 Å². The Labute approximate surface area is 110 Å². The topological polar surface area (TPSA) is 0 Å². The monoisotopic (exact) mass is 236 g/mol. The summed E-state index contributed by atoms with van der Waals surface area (Å²) in [6.45, 7) is 4.34. The third-order valence-electron chi connectivity index (χ3n) is 3.06. The van der Waals surface area contributed by atoms with Gasteiger partial charge in [0.1, 0.15) is 0 Å². The molecule has 0 fully saturated rings. The molecule has 0 bridgehead atoms. The van der Waals surface area contributed by atoms with Crippen molar-refractivity contribution in [3.63, 3.8) is 0 Å². The fourth-order valence-corrected chi connectivity index (χ4v) is 2.12. The zero-order valence-corrected chi connectivity index (χ0v) is 11.2. The molecule has 0 saturated carbocycles. The van der Waals surface area contributed by atoms with E-state index in [1.54, 1.807) is 0 Å². The summed E-state index contributed by atoms with van der Waals surface area (Å²) in [4.78, 5) is 0. The van der Waals surface area contributed by atoms with E-state index in [2.05, 4.69) is 74.5 Å². The Morgan fingerprint density at radius 3 is 2.33 bits per heavy atom. The number of allylic oxidation sites excluding steroid dienone is 2. The van der Waals surface area contributed by atoms with Crippen LogP contribution in [-0.4, -0.2) is 0 Å². The Bertz CT molecular complexity index is 574. The van der Waals surface area contributed by atoms with Crippen molar-refractivity contribution in [1.82, 2.24) is 0 Å². The fourth-order valence-electron chi connectivity index (χ4n) is 2.12. The molecule has 92 valence electrons. The van der Waals surface area contributed by atoms with Crippen LogP contribution in [-0.2, 0) is 0 Å². The number of fused-ring (bicyclic) bond motifs is 1. The summed E-state index contributed by atoms with van der Waals surface area (Å²) in [6, 6.07) is 13.0. The Kier molecular flexibility index (Phi) is 4.35. The van der Waals surface area contributed by atoms with E-state index in [9.17, 15) is 0 Å². The smallest absolute Gasteiger partial charge is 0.0106 e. The second-order valence-electron chi connectivity index (χ2n) is 4.41. The Morgan fingerprint density at radius 2 is 1.56 bits per heavy atom. The molecule has 0 aromatic heterocycles. The van der Waals surface area contributed by atoms with Crippen molar-refractivity contribution in [3.8, 4) is 0 Å². The normalized spacial score (nSPS) is 11.9. The van der Waals surface area contributed by atoms with Crippen LogP contribution in [0.15, 0.2) is 48.6 Å². The van der Waals surface area contributed by atoms with Gasteiger partial charge in [0.2, 0.25) is 0 Å². The lowest BCUT2D eigenvalue weighted by atomic mass is 9.98. The van der Waals surface area contributed by atoms with E-state index in [1.165, 1.54) is 21.9 Å². The van der Waals surface area contributed by atoms with Gasteiger partial charge in [-0.1, -0.05) is 74.5 Å². The Morgan fingerprint density at radius 1 is 0.833 bits per heavy atom. The highest BCUT2D eigenvalue weighted by Gasteiger charge is 2.02. The van der Waals surface area contributed by atoms with E-state index < -0.39 is 0 Å². The standard InChI is InChI=1S/C18H20/c1-3-5-9-15-13-14-16-10-7-8-12-18(16)17(15)11-6-4-2/h5-14H,3-4H2,1-2H3. The molecule has 2 rings (SSSR count). The third kappa shape index (κ3) is 2.70. The van der Waals surface area contributed by atoms with Gasteiger partial charge in [-0.05, 0) is 34.7 Å². The first-order valence-corrected chi connectivity index (χ1v) is 6.71. The average Bonchev–Trinajstić information content (AvgIpc) is 2.43. The lowest BCUT2D eigenvalue weighted by molar-refractivity contribution is 1.23. The van der Waals surface area contributed by atoms with Gasteiger partial charge in [-0.2, -0.15) is 0 Å². The van der Waals surface area contributed by atoms with Gasteiger partial charge in [-0.15, -0.1) is 0 Å². The van der Waals surface area contributed by atoms with Crippen LogP contribution < -0.4 is 0 Å². The Balaban J connectivity index is 2.62. The lowest BCUT2D eigenvalue weighted by Gasteiger charge is -2.07. The van der Waals surface area contributed by atoms with Gasteiger partial charge >= 0.3 is 0 Å². The molecule has 0 radical (unpaired) electrons. The zero-order chi connectivity index (χ0) is 12.8. The maximum atomic E-state index is 2.25. The van der Waals surface area contributed by atoms with Crippen LogP contribution in [0.2, 0.25) is 0 Å².